The molecule has 0 bridgehead atoms. The van der Waals surface area contributed by atoms with Crippen LogP contribution in [-0.4, -0.2) is 38.8 Å². The maximum absolute atomic E-state index is 12.3. The van der Waals surface area contributed by atoms with Gasteiger partial charge in [0.15, 0.2) is 0 Å². The Bertz CT molecular complexity index is 626. The minimum Gasteiger partial charge on any atom is -0.444 e. The van der Waals surface area contributed by atoms with Crippen molar-refractivity contribution in [2.45, 2.75) is 65.1 Å². The molecule has 0 atom stereocenters. The van der Waals surface area contributed by atoms with Crippen LogP contribution in [-0.2, 0) is 22.6 Å². The van der Waals surface area contributed by atoms with Crippen LogP contribution in [0.5, 0.6) is 0 Å². The zero-order valence-electron chi connectivity index (χ0n) is 14.7. The second kappa shape index (κ2) is 6.45. The van der Waals surface area contributed by atoms with Crippen LogP contribution >= 0.6 is 0 Å². The van der Waals surface area contributed by atoms with Crippen molar-refractivity contribution in [3.8, 4) is 0 Å². The van der Waals surface area contributed by atoms with Gasteiger partial charge in [-0.3, -0.25) is 9.48 Å². The summed E-state index contributed by atoms with van der Waals surface area (Å²) in [5, 5.41) is 7.33. The molecule has 0 saturated heterocycles. The third-order valence-electron chi connectivity index (χ3n) is 4.51. The lowest BCUT2D eigenvalue weighted by Gasteiger charge is -2.30. The highest BCUT2D eigenvalue weighted by Gasteiger charge is 2.29. The van der Waals surface area contributed by atoms with Gasteiger partial charge in [0.1, 0.15) is 5.60 Å². The van der Waals surface area contributed by atoms with Crippen LogP contribution in [0.2, 0.25) is 0 Å². The molecule has 1 aliphatic heterocycles. The Morgan fingerprint density at radius 2 is 1.96 bits per heavy atom. The van der Waals surface area contributed by atoms with Crippen LogP contribution in [0.25, 0.3) is 0 Å². The van der Waals surface area contributed by atoms with Gasteiger partial charge in [-0.2, -0.15) is 5.10 Å². The molecule has 1 aliphatic carbocycles. The lowest BCUT2D eigenvalue weighted by atomic mass is 10.1. The fourth-order valence-corrected chi connectivity index (χ4v) is 3.25. The fraction of sp³-hybridized carbons (Fsp3) is 0.706. The number of nitrogens with one attached hydrogen (secondary N) is 1. The SMILES string of the molecule is CC(C)(C)OC(=O)N1CCn2ncc(NC(=O)C3CCCC3)c2C1. The van der Waals surface area contributed by atoms with E-state index in [1.165, 1.54) is 0 Å². The summed E-state index contributed by atoms with van der Waals surface area (Å²) >= 11 is 0. The van der Waals surface area contributed by atoms with Gasteiger partial charge in [0.05, 0.1) is 30.7 Å². The molecule has 1 saturated carbocycles. The molecule has 1 N–H and O–H groups in total. The second-order valence-electron chi connectivity index (χ2n) is 7.60. The first-order valence-corrected chi connectivity index (χ1v) is 8.67. The van der Waals surface area contributed by atoms with Gasteiger partial charge in [0.25, 0.3) is 0 Å². The van der Waals surface area contributed by atoms with E-state index in [-0.39, 0.29) is 17.9 Å². The average Bonchev–Trinajstić information content (AvgIpc) is 3.15. The van der Waals surface area contributed by atoms with E-state index in [1.54, 1.807) is 11.1 Å². The second-order valence-corrected chi connectivity index (χ2v) is 7.60. The van der Waals surface area contributed by atoms with Crippen LogP contribution in [0.3, 0.4) is 0 Å². The first kappa shape index (κ1) is 16.8. The predicted molar refractivity (Wildman–Crippen MR) is 89.5 cm³/mol. The molecule has 0 unspecified atom stereocenters. The van der Waals surface area contributed by atoms with E-state index >= 15 is 0 Å². The van der Waals surface area contributed by atoms with Gasteiger partial charge in [-0.1, -0.05) is 12.8 Å². The average molecular weight is 334 g/mol. The van der Waals surface area contributed by atoms with Crippen molar-refractivity contribution in [2.75, 3.05) is 11.9 Å². The largest absolute Gasteiger partial charge is 0.444 e. The van der Waals surface area contributed by atoms with Crippen molar-refractivity contribution >= 4 is 17.7 Å². The summed E-state index contributed by atoms with van der Waals surface area (Å²) in [5.41, 5.74) is 1.05. The Labute approximate surface area is 142 Å². The molecule has 132 valence electrons. The van der Waals surface area contributed by atoms with Crippen LogP contribution in [0.15, 0.2) is 6.20 Å². The van der Waals surface area contributed by atoms with Gasteiger partial charge in [-0.25, -0.2) is 4.79 Å². The smallest absolute Gasteiger partial charge is 0.410 e. The molecule has 0 spiro atoms. The molecule has 3 rings (SSSR count). The molecule has 2 amide bonds. The third-order valence-corrected chi connectivity index (χ3v) is 4.51. The summed E-state index contributed by atoms with van der Waals surface area (Å²) in [6, 6.07) is 0. The van der Waals surface area contributed by atoms with E-state index < -0.39 is 5.60 Å². The van der Waals surface area contributed by atoms with E-state index in [4.69, 9.17) is 4.74 Å². The van der Waals surface area contributed by atoms with Crippen molar-refractivity contribution in [2.24, 2.45) is 5.92 Å². The van der Waals surface area contributed by atoms with Crippen LogP contribution in [0.4, 0.5) is 10.5 Å². The quantitative estimate of drug-likeness (QED) is 0.902. The number of ether oxygens (including phenoxy) is 1. The highest BCUT2D eigenvalue weighted by molar-refractivity contribution is 5.93. The van der Waals surface area contributed by atoms with Gasteiger partial charge in [0.2, 0.25) is 5.91 Å². The lowest BCUT2D eigenvalue weighted by Crippen LogP contribution is -2.41. The molecule has 24 heavy (non-hydrogen) atoms. The maximum atomic E-state index is 12.3. The molecule has 7 nitrogen and oxygen atoms in total. The number of nitrogens with zero attached hydrogens (tertiary/aromatic N) is 3. The third kappa shape index (κ3) is 3.71. The van der Waals surface area contributed by atoms with Crippen LogP contribution in [0, 0.1) is 5.92 Å². The first-order valence-electron chi connectivity index (χ1n) is 8.67. The monoisotopic (exact) mass is 334 g/mol. The first-order chi connectivity index (χ1) is 11.3. The number of hydrogen-bond donors (Lipinski definition) is 1. The van der Waals surface area contributed by atoms with Gasteiger partial charge < -0.3 is 15.0 Å². The Hall–Kier alpha value is -2.05. The van der Waals surface area contributed by atoms with E-state index in [2.05, 4.69) is 10.4 Å². The van der Waals surface area contributed by atoms with Crippen molar-refractivity contribution in [1.82, 2.24) is 14.7 Å². The van der Waals surface area contributed by atoms with Crippen molar-refractivity contribution in [3.63, 3.8) is 0 Å². The Morgan fingerprint density at radius 1 is 1.25 bits per heavy atom. The molecule has 0 aromatic carbocycles. The molecular weight excluding hydrogens is 308 g/mol. The minimum absolute atomic E-state index is 0.0673. The van der Waals surface area contributed by atoms with E-state index in [1.807, 2.05) is 25.5 Å². The molecule has 7 heteroatoms. The van der Waals surface area contributed by atoms with Crippen LogP contribution in [0.1, 0.15) is 52.1 Å². The lowest BCUT2D eigenvalue weighted by molar-refractivity contribution is -0.119. The predicted octanol–water partition coefficient (Wildman–Crippen LogP) is 2.76. The maximum Gasteiger partial charge on any atom is 0.410 e. The van der Waals surface area contributed by atoms with E-state index in [9.17, 15) is 9.59 Å². The number of amides is 2. The van der Waals surface area contributed by atoms with E-state index in [0.717, 1.165) is 31.4 Å². The molecule has 2 heterocycles. The zero-order chi connectivity index (χ0) is 17.3. The number of carbonyl (C=O) groups is 2. The molecular formula is C17H26N4O3. The van der Waals surface area contributed by atoms with Gasteiger partial charge >= 0.3 is 6.09 Å². The minimum atomic E-state index is -0.520. The highest BCUT2D eigenvalue weighted by atomic mass is 16.6. The highest BCUT2D eigenvalue weighted by Crippen LogP contribution is 2.28. The molecule has 2 aliphatic rings. The molecule has 1 fully saturated rings. The zero-order valence-corrected chi connectivity index (χ0v) is 14.7. The van der Waals surface area contributed by atoms with Crippen molar-refractivity contribution < 1.29 is 14.3 Å². The Morgan fingerprint density at radius 3 is 2.62 bits per heavy atom. The number of fused-ring (bicyclic) bond motifs is 1. The van der Waals surface area contributed by atoms with E-state index in [0.29, 0.717) is 25.3 Å². The van der Waals surface area contributed by atoms with Gasteiger partial charge in [0, 0.05) is 12.5 Å². The molecule has 1 aromatic heterocycles. The number of aromatic nitrogens is 2. The molecule has 0 radical (unpaired) electrons. The summed E-state index contributed by atoms with van der Waals surface area (Å²) < 4.78 is 7.29. The normalized spacial score (nSPS) is 18.4. The Balaban J connectivity index is 1.68. The summed E-state index contributed by atoms with van der Waals surface area (Å²) in [4.78, 5) is 26.3. The van der Waals surface area contributed by atoms with Gasteiger partial charge in [-0.05, 0) is 33.6 Å². The van der Waals surface area contributed by atoms with Crippen molar-refractivity contribution in [3.05, 3.63) is 11.9 Å². The number of carbonyl (C=O) groups excluding carboxylic acids is 2. The summed E-state index contributed by atoms with van der Waals surface area (Å²) in [5.74, 6) is 0.170. The summed E-state index contributed by atoms with van der Waals surface area (Å²) in [6.45, 7) is 7.12. The molecule has 1 aromatic rings. The summed E-state index contributed by atoms with van der Waals surface area (Å²) in [7, 11) is 0. The summed E-state index contributed by atoms with van der Waals surface area (Å²) in [6.07, 6.45) is 5.51. The van der Waals surface area contributed by atoms with Crippen LogP contribution < -0.4 is 5.32 Å². The number of rotatable bonds is 2. The standard InChI is InChI=1S/C17H26N4O3/c1-17(2,3)24-16(23)20-8-9-21-14(11-20)13(10-18-21)19-15(22)12-6-4-5-7-12/h10,12H,4-9,11H2,1-3H3,(H,19,22). The number of hydrogen-bond acceptors (Lipinski definition) is 4. The fourth-order valence-electron chi connectivity index (χ4n) is 3.25. The Kier molecular flexibility index (Phi) is 4.51. The van der Waals surface area contributed by atoms with Gasteiger partial charge in [-0.15, -0.1) is 0 Å². The topological polar surface area (TPSA) is 76.5 Å². The van der Waals surface area contributed by atoms with Crippen molar-refractivity contribution in [1.29, 1.82) is 0 Å². The number of anilines is 1.